The molecular weight excluding hydrogens is 221 g/mol. The number of Topliss-reactive ketones (excluding diaryl/α,β-unsaturated/α-hetero) is 1. The van der Waals surface area contributed by atoms with Crippen LogP contribution in [-0.2, 0) is 0 Å². The van der Waals surface area contributed by atoms with Gasteiger partial charge >= 0.3 is 0 Å². The number of hydrogen-bond donors (Lipinski definition) is 0. The van der Waals surface area contributed by atoms with E-state index in [0.717, 1.165) is 5.69 Å². The number of alkyl halides is 2. The maximum atomic E-state index is 11.6. The van der Waals surface area contributed by atoms with Crippen molar-refractivity contribution in [3.05, 3.63) is 29.8 Å². The second-order valence-electron chi connectivity index (χ2n) is 3.08. The molecule has 76 valence electrons. The molecule has 2 nitrogen and oxygen atoms in total. The molecule has 0 atom stereocenters. The van der Waals surface area contributed by atoms with Crippen LogP contribution in [0, 0.1) is 0 Å². The van der Waals surface area contributed by atoms with Crippen LogP contribution in [0.15, 0.2) is 24.3 Å². The second kappa shape index (κ2) is 4.67. The number of hydrogen-bond acceptors (Lipinski definition) is 2. The zero-order chi connectivity index (χ0) is 10.7. The minimum Gasteiger partial charge on any atom is -0.377 e. The van der Waals surface area contributed by atoms with Gasteiger partial charge in [-0.05, 0) is 12.1 Å². The predicted molar refractivity (Wildman–Crippen MR) is 60.6 cm³/mol. The van der Waals surface area contributed by atoms with E-state index in [-0.39, 0.29) is 5.78 Å². The van der Waals surface area contributed by atoms with E-state index >= 15 is 0 Å². The second-order valence-corrected chi connectivity index (χ2v) is 4.17. The van der Waals surface area contributed by atoms with Gasteiger partial charge in [0, 0.05) is 25.3 Å². The van der Waals surface area contributed by atoms with Crippen molar-refractivity contribution in [3.63, 3.8) is 0 Å². The molecule has 14 heavy (non-hydrogen) atoms. The zero-order valence-electron chi connectivity index (χ0n) is 8.00. The molecule has 0 aliphatic carbocycles. The lowest BCUT2D eigenvalue weighted by Gasteiger charge is -2.16. The average molecular weight is 232 g/mol. The first-order chi connectivity index (χ1) is 6.54. The Hall–Kier alpha value is -0.730. The lowest BCUT2D eigenvalue weighted by Crippen LogP contribution is -2.16. The van der Waals surface area contributed by atoms with Crippen LogP contribution in [0.4, 0.5) is 5.69 Å². The van der Waals surface area contributed by atoms with Gasteiger partial charge in [-0.3, -0.25) is 4.79 Å². The van der Waals surface area contributed by atoms with E-state index in [1.807, 2.05) is 31.1 Å². The monoisotopic (exact) mass is 231 g/mol. The lowest BCUT2D eigenvalue weighted by molar-refractivity contribution is 0.101. The summed E-state index contributed by atoms with van der Waals surface area (Å²) in [5.74, 6) is -0.266. The third kappa shape index (κ3) is 2.40. The fourth-order valence-corrected chi connectivity index (χ4v) is 1.42. The van der Waals surface area contributed by atoms with Crippen molar-refractivity contribution in [2.75, 3.05) is 19.0 Å². The molecule has 0 aliphatic heterocycles. The van der Waals surface area contributed by atoms with Gasteiger partial charge < -0.3 is 4.90 Å². The molecule has 0 aliphatic rings. The van der Waals surface area contributed by atoms with E-state index in [2.05, 4.69) is 0 Å². The summed E-state index contributed by atoms with van der Waals surface area (Å²) in [4.78, 5) is 12.4. The highest BCUT2D eigenvalue weighted by Crippen LogP contribution is 2.22. The standard InChI is InChI=1S/C10H11Cl2NO/c1-13(2)8-6-4-3-5-7(8)9(14)10(11)12/h3-6,10H,1-2H3. The first-order valence-electron chi connectivity index (χ1n) is 4.12. The molecule has 1 rings (SSSR count). The van der Waals surface area contributed by atoms with Crippen molar-refractivity contribution in [2.24, 2.45) is 0 Å². The number of carbonyl (C=O) groups excluding carboxylic acids is 1. The highest BCUT2D eigenvalue weighted by atomic mass is 35.5. The molecule has 1 aromatic rings. The Labute approximate surface area is 93.4 Å². The third-order valence-electron chi connectivity index (χ3n) is 1.85. The van der Waals surface area contributed by atoms with Gasteiger partial charge in [0.15, 0.2) is 10.6 Å². The average Bonchev–Trinajstić information content (AvgIpc) is 2.16. The molecular formula is C10H11Cl2NO. The van der Waals surface area contributed by atoms with Crippen LogP contribution in [0.25, 0.3) is 0 Å². The highest BCUT2D eigenvalue weighted by molar-refractivity contribution is 6.55. The Bertz CT molecular complexity index is 337. The first-order valence-corrected chi connectivity index (χ1v) is 5.00. The number of halogens is 2. The molecule has 0 saturated heterocycles. The third-order valence-corrected chi connectivity index (χ3v) is 2.25. The molecule has 4 heteroatoms. The molecule has 0 unspecified atom stereocenters. The van der Waals surface area contributed by atoms with Crippen LogP contribution in [0.5, 0.6) is 0 Å². The Morgan fingerprint density at radius 3 is 2.36 bits per heavy atom. The van der Waals surface area contributed by atoms with Crippen LogP contribution >= 0.6 is 23.2 Å². The Morgan fingerprint density at radius 1 is 1.29 bits per heavy atom. The zero-order valence-corrected chi connectivity index (χ0v) is 9.51. The molecule has 0 heterocycles. The molecule has 0 amide bonds. The smallest absolute Gasteiger partial charge is 0.197 e. The molecule has 0 radical (unpaired) electrons. The van der Waals surface area contributed by atoms with E-state index in [9.17, 15) is 4.79 Å². The minimum absolute atomic E-state index is 0.266. The molecule has 0 spiro atoms. The maximum absolute atomic E-state index is 11.6. The molecule has 0 aromatic heterocycles. The number of ketones is 1. The maximum Gasteiger partial charge on any atom is 0.197 e. The van der Waals surface area contributed by atoms with Crippen molar-refractivity contribution >= 4 is 34.7 Å². The summed E-state index contributed by atoms with van der Waals surface area (Å²) in [5, 5.41) is 0. The Kier molecular flexibility index (Phi) is 3.78. The lowest BCUT2D eigenvalue weighted by atomic mass is 10.1. The fourth-order valence-electron chi connectivity index (χ4n) is 1.19. The summed E-state index contributed by atoms with van der Waals surface area (Å²) < 4.78 is 0. The van der Waals surface area contributed by atoms with Gasteiger partial charge in [0.05, 0.1) is 0 Å². The number of para-hydroxylation sites is 1. The SMILES string of the molecule is CN(C)c1ccccc1C(=O)C(Cl)Cl. The number of anilines is 1. The van der Waals surface area contributed by atoms with Gasteiger partial charge in [0.25, 0.3) is 0 Å². The Balaban J connectivity index is 3.13. The van der Waals surface area contributed by atoms with E-state index in [1.165, 1.54) is 0 Å². The van der Waals surface area contributed by atoms with Gasteiger partial charge in [-0.25, -0.2) is 0 Å². The molecule has 0 fully saturated rings. The predicted octanol–water partition coefficient (Wildman–Crippen LogP) is 2.74. The summed E-state index contributed by atoms with van der Waals surface area (Å²) >= 11 is 11.1. The topological polar surface area (TPSA) is 20.3 Å². The minimum atomic E-state index is -1.00. The largest absolute Gasteiger partial charge is 0.377 e. The van der Waals surface area contributed by atoms with Gasteiger partial charge in [-0.15, -0.1) is 0 Å². The van der Waals surface area contributed by atoms with Gasteiger partial charge in [-0.2, -0.15) is 0 Å². The van der Waals surface area contributed by atoms with E-state index in [4.69, 9.17) is 23.2 Å². The quantitative estimate of drug-likeness (QED) is 0.589. The highest BCUT2D eigenvalue weighted by Gasteiger charge is 2.18. The van der Waals surface area contributed by atoms with Crippen molar-refractivity contribution < 1.29 is 4.79 Å². The van der Waals surface area contributed by atoms with Crippen LogP contribution in [0.2, 0.25) is 0 Å². The molecule has 0 saturated carbocycles. The van der Waals surface area contributed by atoms with Crippen molar-refractivity contribution in [1.29, 1.82) is 0 Å². The van der Waals surface area contributed by atoms with Crippen molar-refractivity contribution in [3.8, 4) is 0 Å². The van der Waals surface area contributed by atoms with Gasteiger partial charge in [-0.1, -0.05) is 35.3 Å². The number of rotatable bonds is 3. The summed E-state index contributed by atoms with van der Waals surface area (Å²) in [6, 6.07) is 7.22. The Morgan fingerprint density at radius 2 is 1.86 bits per heavy atom. The van der Waals surface area contributed by atoms with E-state index < -0.39 is 4.84 Å². The van der Waals surface area contributed by atoms with Crippen molar-refractivity contribution in [2.45, 2.75) is 4.84 Å². The fraction of sp³-hybridized carbons (Fsp3) is 0.300. The molecule has 0 bridgehead atoms. The van der Waals surface area contributed by atoms with Crippen LogP contribution in [-0.4, -0.2) is 24.7 Å². The number of carbonyl (C=O) groups is 1. The van der Waals surface area contributed by atoms with Gasteiger partial charge in [0.1, 0.15) is 0 Å². The van der Waals surface area contributed by atoms with Crippen molar-refractivity contribution in [1.82, 2.24) is 0 Å². The molecule has 1 aromatic carbocycles. The van der Waals surface area contributed by atoms with Crippen LogP contribution in [0.1, 0.15) is 10.4 Å². The number of benzene rings is 1. The van der Waals surface area contributed by atoms with Gasteiger partial charge in [0.2, 0.25) is 0 Å². The van der Waals surface area contributed by atoms with E-state index in [1.54, 1.807) is 12.1 Å². The van der Waals surface area contributed by atoms with Crippen LogP contribution < -0.4 is 4.90 Å². The summed E-state index contributed by atoms with van der Waals surface area (Å²) in [5.41, 5.74) is 1.37. The number of nitrogens with zero attached hydrogens (tertiary/aromatic N) is 1. The van der Waals surface area contributed by atoms with Crippen LogP contribution in [0.3, 0.4) is 0 Å². The summed E-state index contributed by atoms with van der Waals surface area (Å²) in [6.45, 7) is 0. The van der Waals surface area contributed by atoms with E-state index in [0.29, 0.717) is 5.56 Å². The molecule has 0 N–H and O–H groups in total. The first kappa shape index (κ1) is 11.3. The normalized spacial score (nSPS) is 10.4. The summed E-state index contributed by atoms with van der Waals surface area (Å²) in [7, 11) is 3.73. The summed E-state index contributed by atoms with van der Waals surface area (Å²) in [6.07, 6.45) is 0.